The van der Waals surface area contributed by atoms with Crippen LogP contribution in [-0.4, -0.2) is 46.0 Å². The Labute approximate surface area is 184 Å². The summed E-state index contributed by atoms with van der Waals surface area (Å²) in [4.78, 5) is 23.3. The SMILES string of the molecule is COC(=O)CCCNC(=O)CSc1nnc(-c2ccc(F)cc2)n1Cc1ccccc1. The van der Waals surface area contributed by atoms with Crippen LogP contribution in [0.25, 0.3) is 11.4 Å². The van der Waals surface area contributed by atoms with Crippen molar-refractivity contribution in [2.45, 2.75) is 24.5 Å². The van der Waals surface area contributed by atoms with Crippen molar-refractivity contribution in [1.82, 2.24) is 20.1 Å². The molecule has 0 saturated heterocycles. The fraction of sp³-hybridized carbons (Fsp3) is 0.273. The third-order valence-corrected chi connectivity index (χ3v) is 5.41. The first kappa shape index (κ1) is 22.5. The molecule has 1 heterocycles. The number of nitrogens with one attached hydrogen (secondary N) is 1. The molecule has 7 nitrogen and oxygen atoms in total. The zero-order valence-corrected chi connectivity index (χ0v) is 17.9. The Bertz CT molecular complexity index is 1010. The highest BCUT2D eigenvalue weighted by molar-refractivity contribution is 7.99. The number of carbonyl (C=O) groups is 2. The number of amides is 1. The summed E-state index contributed by atoms with van der Waals surface area (Å²) in [7, 11) is 1.34. The number of carbonyl (C=O) groups excluding carboxylic acids is 2. The van der Waals surface area contributed by atoms with E-state index >= 15 is 0 Å². The molecule has 3 rings (SSSR count). The minimum atomic E-state index is -0.323. The first-order chi connectivity index (χ1) is 15.1. The monoisotopic (exact) mass is 442 g/mol. The average molecular weight is 443 g/mol. The van der Waals surface area contributed by atoms with Crippen molar-refractivity contribution in [3.8, 4) is 11.4 Å². The molecule has 0 aliphatic carbocycles. The van der Waals surface area contributed by atoms with E-state index in [1.807, 2.05) is 34.9 Å². The van der Waals surface area contributed by atoms with Gasteiger partial charge in [-0.2, -0.15) is 0 Å². The number of aromatic nitrogens is 3. The highest BCUT2D eigenvalue weighted by Crippen LogP contribution is 2.25. The van der Waals surface area contributed by atoms with Crippen molar-refractivity contribution in [1.29, 1.82) is 0 Å². The van der Waals surface area contributed by atoms with E-state index < -0.39 is 0 Å². The largest absolute Gasteiger partial charge is 0.469 e. The van der Waals surface area contributed by atoms with Gasteiger partial charge in [0.25, 0.3) is 0 Å². The van der Waals surface area contributed by atoms with Crippen molar-refractivity contribution < 1.29 is 18.7 Å². The summed E-state index contributed by atoms with van der Waals surface area (Å²) < 4.78 is 19.8. The Balaban J connectivity index is 1.68. The number of hydrogen-bond donors (Lipinski definition) is 1. The summed E-state index contributed by atoms with van der Waals surface area (Å²) in [6.45, 7) is 0.912. The molecule has 0 fully saturated rings. The van der Waals surface area contributed by atoms with Gasteiger partial charge in [-0.05, 0) is 36.2 Å². The molecule has 0 spiro atoms. The standard InChI is InChI=1S/C22H23FN4O3S/c1-30-20(29)8-5-13-24-19(28)15-31-22-26-25-21(17-9-11-18(23)12-10-17)27(22)14-16-6-3-2-4-7-16/h2-4,6-7,9-12H,5,8,13-15H2,1H3,(H,24,28). The van der Waals surface area contributed by atoms with E-state index in [1.165, 1.54) is 31.0 Å². The minimum absolute atomic E-state index is 0.160. The van der Waals surface area contributed by atoms with Crippen molar-refractivity contribution in [3.05, 3.63) is 66.0 Å². The van der Waals surface area contributed by atoms with Crippen LogP contribution in [0.2, 0.25) is 0 Å². The molecule has 0 aliphatic heterocycles. The Morgan fingerprint density at radius 3 is 2.55 bits per heavy atom. The number of nitrogens with zero attached hydrogens (tertiary/aromatic N) is 3. The van der Waals surface area contributed by atoms with Gasteiger partial charge >= 0.3 is 5.97 Å². The van der Waals surface area contributed by atoms with Gasteiger partial charge in [-0.1, -0.05) is 42.1 Å². The summed E-state index contributed by atoms with van der Waals surface area (Å²) in [5.74, 6) is -0.0196. The maximum Gasteiger partial charge on any atom is 0.305 e. The quantitative estimate of drug-likeness (QED) is 0.295. The first-order valence-electron chi connectivity index (χ1n) is 9.76. The van der Waals surface area contributed by atoms with Crippen molar-refractivity contribution >= 4 is 23.6 Å². The van der Waals surface area contributed by atoms with Crippen molar-refractivity contribution in [3.63, 3.8) is 0 Å². The van der Waals surface area contributed by atoms with Crippen LogP contribution in [-0.2, 0) is 20.9 Å². The second kappa shape index (κ2) is 11.3. The molecule has 2 aromatic carbocycles. The van der Waals surface area contributed by atoms with Gasteiger partial charge in [-0.3, -0.25) is 14.2 Å². The van der Waals surface area contributed by atoms with Crippen LogP contribution < -0.4 is 5.32 Å². The first-order valence-corrected chi connectivity index (χ1v) is 10.7. The highest BCUT2D eigenvalue weighted by Gasteiger charge is 2.16. The van der Waals surface area contributed by atoms with Crippen LogP contribution in [0, 0.1) is 5.82 Å². The number of halogens is 1. The van der Waals surface area contributed by atoms with Crippen LogP contribution in [0.3, 0.4) is 0 Å². The van der Waals surface area contributed by atoms with Crippen molar-refractivity contribution in [2.75, 3.05) is 19.4 Å². The Morgan fingerprint density at radius 1 is 1.10 bits per heavy atom. The number of ether oxygens (including phenoxy) is 1. The summed E-state index contributed by atoms with van der Waals surface area (Å²) in [6, 6.07) is 15.9. The van der Waals surface area contributed by atoms with E-state index in [9.17, 15) is 14.0 Å². The molecular weight excluding hydrogens is 419 g/mol. The Morgan fingerprint density at radius 2 is 1.84 bits per heavy atom. The molecule has 31 heavy (non-hydrogen) atoms. The number of esters is 1. The predicted octanol–water partition coefficient (Wildman–Crippen LogP) is 3.29. The van der Waals surface area contributed by atoms with Gasteiger partial charge in [-0.25, -0.2) is 4.39 Å². The van der Waals surface area contributed by atoms with E-state index in [0.717, 1.165) is 11.1 Å². The van der Waals surface area contributed by atoms with Gasteiger partial charge < -0.3 is 10.1 Å². The fourth-order valence-electron chi connectivity index (χ4n) is 2.86. The number of benzene rings is 2. The molecule has 1 aromatic heterocycles. The van der Waals surface area contributed by atoms with E-state index in [2.05, 4.69) is 20.3 Å². The molecule has 0 saturated carbocycles. The van der Waals surface area contributed by atoms with Crippen molar-refractivity contribution in [2.24, 2.45) is 0 Å². The average Bonchev–Trinajstić information content (AvgIpc) is 3.18. The molecule has 1 N–H and O–H groups in total. The topological polar surface area (TPSA) is 86.1 Å². The van der Waals surface area contributed by atoms with E-state index in [1.54, 1.807) is 12.1 Å². The summed E-state index contributed by atoms with van der Waals surface area (Å²) in [5.41, 5.74) is 1.80. The van der Waals surface area contributed by atoms with Crippen LogP contribution in [0.5, 0.6) is 0 Å². The zero-order chi connectivity index (χ0) is 22.1. The Kier molecular flexibility index (Phi) is 8.17. The minimum Gasteiger partial charge on any atom is -0.469 e. The lowest BCUT2D eigenvalue weighted by molar-refractivity contribution is -0.140. The van der Waals surface area contributed by atoms with E-state index in [-0.39, 0.29) is 29.9 Å². The lowest BCUT2D eigenvalue weighted by Crippen LogP contribution is -2.26. The molecular formula is C22H23FN4O3S. The normalized spacial score (nSPS) is 10.6. The van der Waals surface area contributed by atoms with Gasteiger partial charge in [0.2, 0.25) is 5.91 Å². The summed E-state index contributed by atoms with van der Waals surface area (Å²) in [6.07, 6.45) is 0.776. The molecule has 0 bridgehead atoms. The third-order valence-electron chi connectivity index (χ3n) is 4.44. The molecule has 0 atom stereocenters. The molecule has 0 unspecified atom stereocenters. The summed E-state index contributed by atoms with van der Waals surface area (Å²) in [5, 5.41) is 11.9. The highest BCUT2D eigenvalue weighted by atomic mass is 32.2. The molecule has 0 radical (unpaired) electrons. The third kappa shape index (κ3) is 6.65. The molecule has 0 aliphatic rings. The smallest absolute Gasteiger partial charge is 0.305 e. The van der Waals surface area contributed by atoms with Gasteiger partial charge in [0.05, 0.1) is 19.4 Å². The molecule has 9 heteroatoms. The lowest BCUT2D eigenvalue weighted by atomic mass is 10.2. The maximum absolute atomic E-state index is 13.3. The van der Waals surface area contributed by atoms with Crippen LogP contribution in [0.4, 0.5) is 4.39 Å². The van der Waals surface area contributed by atoms with Gasteiger partial charge in [0, 0.05) is 18.5 Å². The van der Waals surface area contributed by atoms with Crippen LogP contribution >= 0.6 is 11.8 Å². The van der Waals surface area contributed by atoms with E-state index in [4.69, 9.17) is 0 Å². The Hall–Kier alpha value is -3.20. The van der Waals surface area contributed by atoms with Crippen LogP contribution in [0.1, 0.15) is 18.4 Å². The number of hydrogen-bond acceptors (Lipinski definition) is 6. The fourth-order valence-corrected chi connectivity index (χ4v) is 3.63. The predicted molar refractivity (Wildman–Crippen MR) is 116 cm³/mol. The molecule has 162 valence electrons. The second-order valence-corrected chi connectivity index (χ2v) is 7.65. The number of methoxy groups -OCH3 is 1. The van der Waals surface area contributed by atoms with Crippen LogP contribution in [0.15, 0.2) is 59.8 Å². The maximum atomic E-state index is 13.3. The number of thioether (sulfide) groups is 1. The lowest BCUT2D eigenvalue weighted by Gasteiger charge is -2.11. The van der Waals surface area contributed by atoms with Gasteiger partial charge in [0.15, 0.2) is 11.0 Å². The van der Waals surface area contributed by atoms with Gasteiger partial charge in [0.1, 0.15) is 5.82 Å². The second-order valence-electron chi connectivity index (χ2n) is 6.70. The number of rotatable bonds is 10. The van der Waals surface area contributed by atoms with Gasteiger partial charge in [-0.15, -0.1) is 10.2 Å². The zero-order valence-electron chi connectivity index (χ0n) is 17.1. The molecule has 3 aromatic rings. The molecule has 1 amide bonds. The summed E-state index contributed by atoms with van der Waals surface area (Å²) >= 11 is 1.27. The van der Waals surface area contributed by atoms with E-state index in [0.29, 0.717) is 30.5 Å².